The van der Waals surface area contributed by atoms with Crippen molar-refractivity contribution in [2.24, 2.45) is 23.7 Å². The first-order valence-corrected chi connectivity index (χ1v) is 11.1. The van der Waals surface area contributed by atoms with Crippen LogP contribution in [0.2, 0.25) is 0 Å². The van der Waals surface area contributed by atoms with Gasteiger partial charge in [0, 0.05) is 216 Å². The number of hydrogen-bond donors (Lipinski definition) is 1. The number of ether oxygens (including phenoxy) is 1. The van der Waals surface area contributed by atoms with E-state index in [0.29, 0.717) is 12.0 Å². The van der Waals surface area contributed by atoms with Crippen LogP contribution in [-0.2, 0) is 201 Å². The average Bonchev–Trinajstić information content (AvgIpc) is 3.28. The molecule has 0 aromatic carbocycles. The van der Waals surface area contributed by atoms with Gasteiger partial charge in [0.15, 0.2) is 0 Å². The molecule has 0 spiro atoms. The van der Waals surface area contributed by atoms with Gasteiger partial charge in [-0.25, -0.2) is 0 Å². The SMILES string of the molecule is CCC(C)[CH-]CC(C)C.CCC1[CH-]CC(O)C1.CCC1[CH-]CC(OC)C1.[Y].[Y].[Y].[Y].[Y].[Y]. The van der Waals surface area contributed by atoms with Crippen molar-refractivity contribution in [3.8, 4) is 0 Å². The van der Waals surface area contributed by atoms with Crippen molar-refractivity contribution in [1.29, 1.82) is 0 Å². The number of methoxy groups -OCH3 is 1. The molecule has 2 saturated carbocycles. The molecule has 176 valence electrons. The van der Waals surface area contributed by atoms with Gasteiger partial charge in [-0.15, -0.1) is 0 Å². The minimum absolute atomic E-state index is 0. The van der Waals surface area contributed by atoms with Crippen LogP contribution in [-0.4, -0.2) is 24.4 Å². The van der Waals surface area contributed by atoms with E-state index in [-0.39, 0.29) is 202 Å². The summed E-state index contributed by atoms with van der Waals surface area (Å²) >= 11 is 0. The predicted octanol–water partition coefficient (Wildman–Crippen LogP) is 6.67. The summed E-state index contributed by atoms with van der Waals surface area (Å²) in [6.45, 7) is 13.4. The van der Waals surface area contributed by atoms with E-state index < -0.39 is 0 Å². The molecule has 0 aromatic heterocycles. The Labute approximate surface area is 353 Å². The number of rotatable bonds is 7. The van der Waals surface area contributed by atoms with Crippen LogP contribution in [0.4, 0.5) is 0 Å². The number of aliphatic hydroxyl groups excluding tert-OH is 1. The Bertz CT molecular complexity index is 315. The third-order valence-corrected chi connectivity index (χ3v) is 5.65. The van der Waals surface area contributed by atoms with Crippen molar-refractivity contribution in [1.82, 2.24) is 0 Å². The Hall–Kier alpha value is 6.54. The van der Waals surface area contributed by atoms with Crippen molar-refractivity contribution in [2.75, 3.05) is 7.11 Å². The first kappa shape index (κ1) is 54.6. The van der Waals surface area contributed by atoms with Crippen LogP contribution in [0.15, 0.2) is 0 Å². The molecule has 6 radical (unpaired) electrons. The minimum Gasteiger partial charge on any atom is -0.396 e. The van der Waals surface area contributed by atoms with E-state index in [1.54, 1.807) is 7.11 Å². The summed E-state index contributed by atoms with van der Waals surface area (Å²) in [6, 6.07) is 0. The standard InChI is InChI=1S/C9H19.C8H15O.C7H13O.6Y/c1-5-9(4)7-6-8(2)3;1-3-7-4-5-8(6-7)9-2;1-2-6-3-4-7(8)5-6;;;;;;/h7-9H,5-6H2,1-4H3;4,7-8H,3,5-6H2,1-2H3;3,6-8H,2,4-5H2,1H3;;;;;;/q3*-1;;;;;;. The molecule has 2 rings (SSSR count). The second kappa shape index (κ2) is 37.5. The van der Waals surface area contributed by atoms with E-state index in [2.05, 4.69) is 60.8 Å². The molecule has 0 bridgehead atoms. The van der Waals surface area contributed by atoms with E-state index in [9.17, 15) is 0 Å². The first-order valence-electron chi connectivity index (χ1n) is 11.1. The van der Waals surface area contributed by atoms with Crippen LogP contribution < -0.4 is 0 Å². The van der Waals surface area contributed by atoms with Gasteiger partial charge in [0.1, 0.15) is 0 Å². The molecule has 32 heavy (non-hydrogen) atoms. The Morgan fingerprint density at radius 3 is 1.56 bits per heavy atom. The molecule has 1 N–H and O–H groups in total. The quantitative estimate of drug-likeness (QED) is 0.290. The van der Waals surface area contributed by atoms with Crippen LogP contribution in [0.1, 0.15) is 92.9 Å². The molecule has 0 aromatic rings. The van der Waals surface area contributed by atoms with Gasteiger partial charge in [-0.2, -0.15) is 37.0 Å². The van der Waals surface area contributed by atoms with Gasteiger partial charge < -0.3 is 29.1 Å². The van der Waals surface area contributed by atoms with Gasteiger partial charge in [0.2, 0.25) is 0 Å². The molecular formula is C24H47O2Y6-3. The molecule has 2 nitrogen and oxygen atoms in total. The van der Waals surface area contributed by atoms with Crippen molar-refractivity contribution in [3.63, 3.8) is 0 Å². The normalized spacial score (nSPS) is 23.5. The van der Waals surface area contributed by atoms with Crippen LogP contribution in [0.25, 0.3) is 0 Å². The van der Waals surface area contributed by atoms with Gasteiger partial charge in [-0.05, 0) is 0 Å². The summed E-state index contributed by atoms with van der Waals surface area (Å²) in [5.74, 6) is 3.17. The number of aliphatic hydroxyl groups is 1. The molecule has 0 aliphatic heterocycles. The largest absolute Gasteiger partial charge is 0.396 e. The maximum atomic E-state index is 9.00. The Morgan fingerprint density at radius 1 is 0.844 bits per heavy atom. The van der Waals surface area contributed by atoms with E-state index in [1.807, 2.05) is 0 Å². The van der Waals surface area contributed by atoms with Crippen LogP contribution in [0.5, 0.6) is 0 Å². The van der Waals surface area contributed by atoms with Crippen molar-refractivity contribution < 1.29 is 206 Å². The molecule has 0 heterocycles. The second-order valence-electron chi connectivity index (χ2n) is 8.51. The minimum atomic E-state index is -0.0278. The fraction of sp³-hybridized carbons (Fsp3) is 0.875. The van der Waals surface area contributed by atoms with Crippen LogP contribution in [0.3, 0.4) is 0 Å². The molecule has 2 aliphatic carbocycles. The zero-order chi connectivity index (χ0) is 19.9. The average molecular weight is 901 g/mol. The molecular weight excluding hydrogens is 854 g/mol. The van der Waals surface area contributed by atoms with Crippen molar-refractivity contribution >= 4 is 0 Å². The van der Waals surface area contributed by atoms with Crippen LogP contribution in [0, 0.1) is 42.9 Å². The summed E-state index contributed by atoms with van der Waals surface area (Å²) in [5.41, 5.74) is 0. The molecule has 2 fully saturated rings. The second-order valence-corrected chi connectivity index (χ2v) is 8.51. The molecule has 2 aliphatic rings. The third-order valence-electron chi connectivity index (χ3n) is 5.65. The summed E-state index contributed by atoms with van der Waals surface area (Å²) < 4.78 is 5.21. The topological polar surface area (TPSA) is 29.5 Å². The van der Waals surface area contributed by atoms with Gasteiger partial charge in [-0.3, -0.25) is 0 Å². The summed E-state index contributed by atoms with van der Waals surface area (Å²) in [4.78, 5) is 0. The van der Waals surface area contributed by atoms with Gasteiger partial charge in [0.25, 0.3) is 0 Å². The van der Waals surface area contributed by atoms with E-state index in [4.69, 9.17) is 9.84 Å². The van der Waals surface area contributed by atoms with Gasteiger partial charge >= 0.3 is 0 Å². The Morgan fingerprint density at radius 2 is 1.31 bits per heavy atom. The Balaban J connectivity index is -0.0000000536. The molecule has 0 amide bonds. The molecule has 5 atom stereocenters. The fourth-order valence-corrected chi connectivity index (χ4v) is 3.30. The zero-order valence-electron chi connectivity index (χ0n) is 22.2. The first-order chi connectivity index (χ1) is 12.4. The Kier molecular flexibility index (Phi) is 64.1. The number of hydrogen-bond acceptors (Lipinski definition) is 2. The summed E-state index contributed by atoms with van der Waals surface area (Å²) in [5, 5.41) is 9.00. The van der Waals surface area contributed by atoms with Crippen LogP contribution >= 0.6 is 0 Å². The van der Waals surface area contributed by atoms with E-state index >= 15 is 0 Å². The molecule has 5 unspecified atom stereocenters. The van der Waals surface area contributed by atoms with E-state index in [0.717, 1.165) is 37.0 Å². The monoisotopic (exact) mass is 901 g/mol. The predicted molar refractivity (Wildman–Crippen MR) is 115 cm³/mol. The smallest absolute Gasteiger partial charge is 0.0357 e. The molecule has 8 heteroatoms. The zero-order valence-corrected chi connectivity index (χ0v) is 39.2. The maximum Gasteiger partial charge on any atom is 0.0357 e. The van der Waals surface area contributed by atoms with E-state index in [1.165, 1.54) is 32.1 Å². The summed E-state index contributed by atoms with van der Waals surface area (Å²) in [7, 11) is 1.80. The molecule has 0 saturated heterocycles. The van der Waals surface area contributed by atoms with Crippen molar-refractivity contribution in [3.05, 3.63) is 19.3 Å². The fourth-order valence-electron chi connectivity index (χ4n) is 3.30. The van der Waals surface area contributed by atoms with Gasteiger partial charge in [0.05, 0.1) is 0 Å². The van der Waals surface area contributed by atoms with Crippen molar-refractivity contribution in [2.45, 2.75) is 105 Å². The summed E-state index contributed by atoms with van der Waals surface area (Å²) in [6.07, 6.45) is 16.9. The maximum absolute atomic E-state index is 9.00. The van der Waals surface area contributed by atoms with Gasteiger partial charge in [-0.1, -0.05) is 79.6 Å². The third kappa shape index (κ3) is 32.8.